The van der Waals surface area contributed by atoms with E-state index in [4.69, 9.17) is 14.7 Å². The van der Waals surface area contributed by atoms with Crippen LogP contribution in [0.15, 0.2) is 11.1 Å². The lowest BCUT2D eigenvalue weighted by Crippen LogP contribution is -2.39. The topological polar surface area (TPSA) is 90.4 Å². The molecule has 9 heteroatoms. The smallest absolute Gasteiger partial charge is 0.258 e. The number of imidazole rings is 1. The van der Waals surface area contributed by atoms with E-state index >= 15 is 0 Å². The van der Waals surface area contributed by atoms with Crippen molar-refractivity contribution in [1.82, 2.24) is 29.1 Å². The Hall–Kier alpha value is -2.81. The normalized spacial score (nSPS) is 21.4. The lowest BCUT2D eigenvalue weighted by Gasteiger charge is -2.30. The second-order valence-electron chi connectivity index (χ2n) is 8.65. The molecule has 0 N–H and O–H groups in total. The fourth-order valence-corrected chi connectivity index (χ4v) is 4.83. The van der Waals surface area contributed by atoms with Gasteiger partial charge in [-0.05, 0) is 26.2 Å². The first-order valence-electron chi connectivity index (χ1n) is 10.7. The summed E-state index contributed by atoms with van der Waals surface area (Å²) in [6.07, 6.45) is 5.55. The first-order chi connectivity index (χ1) is 14.6. The van der Waals surface area contributed by atoms with Crippen LogP contribution in [0.25, 0.3) is 5.52 Å². The van der Waals surface area contributed by atoms with E-state index in [0.29, 0.717) is 19.1 Å². The number of fused-ring (bicyclic) bond motifs is 2. The van der Waals surface area contributed by atoms with Crippen molar-refractivity contribution >= 4 is 11.3 Å². The van der Waals surface area contributed by atoms with Gasteiger partial charge in [0.05, 0.1) is 30.1 Å². The quantitative estimate of drug-likeness (QED) is 0.649. The van der Waals surface area contributed by atoms with E-state index in [1.165, 1.54) is 0 Å². The molecular formula is C21H25N7O2. The lowest BCUT2D eigenvalue weighted by molar-refractivity contribution is 0.193. The summed E-state index contributed by atoms with van der Waals surface area (Å²) in [5.74, 6) is 3.35. The minimum Gasteiger partial charge on any atom is -0.381 e. The Labute approximate surface area is 173 Å². The number of aryl methyl sites for hydroxylation is 1. The summed E-state index contributed by atoms with van der Waals surface area (Å²) in [7, 11) is 1.85. The molecule has 0 aromatic carbocycles. The van der Waals surface area contributed by atoms with Crippen LogP contribution >= 0.6 is 0 Å². The van der Waals surface area contributed by atoms with E-state index in [-0.39, 0.29) is 11.5 Å². The van der Waals surface area contributed by atoms with Crippen molar-refractivity contribution in [1.29, 1.82) is 0 Å². The predicted molar refractivity (Wildman–Crippen MR) is 110 cm³/mol. The SMILES string of the molecule is Cc1nc(C2CCOC2)c2c(N3CCc4nc(C5CC5)n(C)c(=O)c4C3)ncnn12. The minimum absolute atomic E-state index is 0.0748. The molecule has 5 heterocycles. The number of ether oxygens (including phenoxy) is 1. The number of anilines is 1. The van der Waals surface area contributed by atoms with Gasteiger partial charge in [0.15, 0.2) is 5.82 Å². The zero-order valence-corrected chi connectivity index (χ0v) is 17.3. The Morgan fingerprint density at radius 1 is 1.17 bits per heavy atom. The van der Waals surface area contributed by atoms with Crippen LogP contribution in [0.5, 0.6) is 0 Å². The maximum absolute atomic E-state index is 13.1. The summed E-state index contributed by atoms with van der Waals surface area (Å²) in [4.78, 5) is 29.6. The molecule has 1 saturated carbocycles. The van der Waals surface area contributed by atoms with Crippen molar-refractivity contribution in [2.75, 3.05) is 24.7 Å². The maximum Gasteiger partial charge on any atom is 0.258 e. The van der Waals surface area contributed by atoms with Gasteiger partial charge >= 0.3 is 0 Å². The average molecular weight is 407 g/mol. The molecule has 6 rings (SSSR count). The first-order valence-corrected chi connectivity index (χ1v) is 10.7. The Kier molecular flexibility index (Phi) is 3.96. The molecule has 0 bridgehead atoms. The van der Waals surface area contributed by atoms with Crippen molar-refractivity contribution in [2.45, 2.75) is 51.0 Å². The molecule has 156 valence electrons. The third-order valence-electron chi connectivity index (χ3n) is 6.63. The summed E-state index contributed by atoms with van der Waals surface area (Å²) < 4.78 is 9.23. The number of nitrogens with zero attached hydrogens (tertiary/aromatic N) is 7. The number of aromatic nitrogens is 6. The van der Waals surface area contributed by atoms with Crippen LogP contribution in [-0.4, -0.2) is 48.9 Å². The number of hydrogen-bond acceptors (Lipinski definition) is 7. The van der Waals surface area contributed by atoms with E-state index in [1.54, 1.807) is 10.9 Å². The molecule has 1 saturated heterocycles. The molecule has 2 fully saturated rings. The molecule has 1 atom stereocenters. The van der Waals surface area contributed by atoms with E-state index in [0.717, 1.165) is 78.8 Å². The predicted octanol–water partition coefficient (Wildman–Crippen LogP) is 1.47. The molecule has 30 heavy (non-hydrogen) atoms. The fourth-order valence-electron chi connectivity index (χ4n) is 4.83. The summed E-state index contributed by atoms with van der Waals surface area (Å²) in [5, 5.41) is 4.44. The van der Waals surface area contributed by atoms with Gasteiger partial charge in [0.25, 0.3) is 5.56 Å². The Balaban J connectivity index is 1.44. The van der Waals surface area contributed by atoms with Crippen molar-refractivity contribution in [3.8, 4) is 0 Å². The molecule has 3 aromatic heterocycles. The van der Waals surface area contributed by atoms with E-state index in [1.807, 2.05) is 18.5 Å². The third kappa shape index (κ3) is 2.68. The molecule has 0 amide bonds. The maximum atomic E-state index is 13.1. The van der Waals surface area contributed by atoms with Crippen molar-refractivity contribution in [3.05, 3.63) is 45.3 Å². The fraction of sp³-hybridized carbons (Fsp3) is 0.571. The number of hydrogen-bond donors (Lipinski definition) is 0. The first kappa shape index (κ1) is 18.0. The van der Waals surface area contributed by atoms with Gasteiger partial charge in [0, 0.05) is 38.5 Å². The van der Waals surface area contributed by atoms with Gasteiger partial charge < -0.3 is 9.64 Å². The van der Waals surface area contributed by atoms with Crippen molar-refractivity contribution in [2.24, 2.45) is 7.05 Å². The van der Waals surface area contributed by atoms with Crippen LogP contribution in [0.1, 0.15) is 59.7 Å². The second kappa shape index (κ2) is 6.60. The highest BCUT2D eigenvalue weighted by atomic mass is 16.5. The van der Waals surface area contributed by atoms with Gasteiger partial charge in [-0.25, -0.2) is 19.5 Å². The molecule has 3 aromatic rings. The molecule has 0 radical (unpaired) electrons. The summed E-state index contributed by atoms with van der Waals surface area (Å²) in [5.41, 5.74) is 3.75. The standard InChI is InChI=1S/C21H25N7O2/c1-12-24-17(14-6-8-30-10-14)18-20(22-11-23-28(12)18)27-7-5-16-15(9-27)21(29)26(2)19(25-16)13-3-4-13/h11,13-14H,3-10H2,1-2H3. The highest BCUT2D eigenvalue weighted by Gasteiger charge is 2.33. The van der Waals surface area contributed by atoms with Crippen LogP contribution in [-0.2, 0) is 24.8 Å². The highest BCUT2D eigenvalue weighted by molar-refractivity contribution is 5.73. The zero-order valence-electron chi connectivity index (χ0n) is 17.3. The van der Waals surface area contributed by atoms with Gasteiger partial charge in [-0.15, -0.1) is 0 Å². The van der Waals surface area contributed by atoms with Crippen molar-refractivity contribution in [3.63, 3.8) is 0 Å². The van der Waals surface area contributed by atoms with Crippen molar-refractivity contribution < 1.29 is 4.74 Å². The second-order valence-corrected chi connectivity index (χ2v) is 8.65. The van der Waals surface area contributed by atoms with Crippen LogP contribution < -0.4 is 10.5 Å². The molecular weight excluding hydrogens is 382 g/mol. The van der Waals surface area contributed by atoms with Crippen LogP contribution in [0.2, 0.25) is 0 Å². The molecule has 3 aliphatic rings. The van der Waals surface area contributed by atoms with Gasteiger partial charge in [-0.3, -0.25) is 9.36 Å². The molecule has 9 nitrogen and oxygen atoms in total. The largest absolute Gasteiger partial charge is 0.381 e. The zero-order chi connectivity index (χ0) is 20.4. The lowest BCUT2D eigenvalue weighted by atomic mass is 10.0. The van der Waals surface area contributed by atoms with E-state index in [2.05, 4.69) is 15.0 Å². The van der Waals surface area contributed by atoms with E-state index in [9.17, 15) is 4.79 Å². The summed E-state index contributed by atoms with van der Waals surface area (Å²) in [6.45, 7) is 4.69. The van der Waals surface area contributed by atoms with Gasteiger partial charge in [0.1, 0.15) is 23.5 Å². The third-order valence-corrected chi connectivity index (χ3v) is 6.63. The monoisotopic (exact) mass is 407 g/mol. The molecule has 0 spiro atoms. The molecule has 1 aliphatic carbocycles. The van der Waals surface area contributed by atoms with Gasteiger partial charge in [0.2, 0.25) is 0 Å². The molecule has 1 unspecified atom stereocenters. The van der Waals surface area contributed by atoms with Crippen LogP contribution in [0, 0.1) is 6.92 Å². The minimum atomic E-state index is 0.0748. The summed E-state index contributed by atoms with van der Waals surface area (Å²) >= 11 is 0. The van der Waals surface area contributed by atoms with E-state index < -0.39 is 0 Å². The van der Waals surface area contributed by atoms with Crippen LogP contribution in [0.4, 0.5) is 5.82 Å². The Morgan fingerprint density at radius 3 is 2.80 bits per heavy atom. The van der Waals surface area contributed by atoms with Crippen LogP contribution in [0.3, 0.4) is 0 Å². The number of rotatable bonds is 3. The Bertz CT molecular complexity index is 1200. The average Bonchev–Trinajstić information content (AvgIpc) is 3.35. The van der Waals surface area contributed by atoms with Gasteiger partial charge in [-0.2, -0.15) is 5.10 Å². The summed E-state index contributed by atoms with van der Waals surface area (Å²) in [6, 6.07) is 0. The highest BCUT2D eigenvalue weighted by Crippen LogP contribution is 2.39. The van der Waals surface area contributed by atoms with Gasteiger partial charge in [-0.1, -0.05) is 0 Å². The Morgan fingerprint density at radius 2 is 2.03 bits per heavy atom. The molecule has 2 aliphatic heterocycles.